The minimum absolute atomic E-state index is 0.00656. The molecule has 1 heterocycles. The molecule has 0 saturated carbocycles. The number of ketones is 1. The molecule has 0 bridgehead atoms. The first-order valence-corrected chi connectivity index (χ1v) is 9.58. The van der Waals surface area contributed by atoms with E-state index >= 15 is 4.39 Å². The highest BCUT2D eigenvalue weighted by atomic mass is 19.4. The number of ether oxygens (including phenoxy) is 3. The molecular weight excluding hydrogens is 479 g/mol. The molecule has 1 aromatic heterocycles. The van der Waals surface area contributed by atoms with Crippen molar-refractivity contribution >= 4 is 17.4 Å². The lowest BCUT2D eigenvalue weighted by molar-refractivity contribution is -0.275. The van der Waals surface area contributed by atoms with Crippen molar-refractivity contribution in [3.63, 3.8) is 0 Å². The number of benzene rings is 2. The van der Waals surface area contributed by atoms with Crippen molar-refractivity contribution < 1.29 is 49.9 Å². The topological polar surface area (TPSA) is 86.8 Å². The number of rotatable bonds is 7. The summed E-state index contributed by atoms with van der Waals surface area (Å²) in [5.74, 6) is -8.53. The molecule has 0 aliphatic heterocycles. The van der Waals surface area contributed by atoms with Gasteiger partial charge in [0.05, 0.1) is 11.2 Å². The van der Waals surface area contributed by atoms with E-state index in [4.69, 9.17) is 8.85 Å². The number of aryl methyl sites for hydroxylation is 1. The summed E-state index contributed by atoms with van der Waals surface area (Å²) in [6.45, 7) is 2.56. The highest BCUT2D eigenvalue weighted by molar-refractivity contribution is 6.07. The predicted octanol–water partition coefficient (Wildman–Crippen LogP) is 5.82. The van der Waals surface area contributed by atoms with Gasteiger partial charge < -0.3 is 19.5 Å². The third-order valence-corrected chi connectivity index (χ3v) is 4.48. The molecule has 1 N–H and O–H groups in total. The number of pyridine rings is 1. The minimum atomic E-state index is -5.32. The normalized spacial score (nSPS) is 12.7. The van der Waals surface area contributed by atoms with E-state index in [0.29, 0.717) is 12.1 Å². The van der Waals surface area contributed by atoms with E-state index in [2.05, 4.69) is 19.8 Å². The Morgan fingerprint density at radius 2 is 1.71 bits per heavy atom. The summed E-state index contributed by atoms with van der Waals surface area (Å²) in [5.41, 5.74) is -0.664. The number of anilines is 1. The van der Waals surface area contributed by atoms with Gasteiger partial charge in [-0.25, -0.2) is 4.39 Å². The summed E-state index contributed by atoms with van der Waals surface area (Å²) in [4.78, 5) is 28.4. The molecule has 184 valence electrons. The van der Waals surface area contributed by atoms with Gasteiger partial charge in [0.15, 0.2) is 17.3 Å². The van der Waals surface area contributed by atoms with Crippen molar-refractivity contribution in [1.82, 2.24) is 4.98 Å². The lowest BCUT2D eigenvalue weighted by Gasteiger charge is -2.17. The molecule has 35 heavy (non-hydrogen) atoms. The number of hydrogen-bond donors (Lipinski definition) is 1. The number of hydrogen-bond acceptors (Lipinski definition) is 6. The predicted molar refractivity (Wildman–Crippen MR) is 113 cm³/mol. The Morgan fingerprint density at radius 1 is 1.03 bits per heavy atom. The maximum atomic E-state index is 15.1. The molecule has 12 heteroatoms. The number of nitrogens with zero attached hydrogens (tertiary/aromatic N) is 1. The van der Waals surface area contributed by atoms with Crippen LogP contribution in [0.1, 0.15) is 37.4 Å². The zero-order chi connectivity index (χ0) is 28.4. The van der Waals surface area contributed by atoms with E-state index in [0.717, 1.165) is 6.07 Å². The van der Waals surface area contributed by atoms with Crippen LogP contribution in [0.2, 0.25) is 0 Å². The smallest absolute Gasteiger partial charge is 0.490 e. The average molecular weight is 499 g/mol. The second-order valence-corrected chi connectivity index (χ2v) is 6.97. The molecule has 0 unspecified atom stereocenters. The van der Waals surface area contributed by atoms with Crippen molar-refractivity contribution in [3.8, 4) is 23.0 Å². The van der Waals surface area contributed by atoms with Crippen LogP contribution in [0, 0.1) is 18.6 Å². The lowest BCUT2D eigenvalue weighted by Crippen LogP contribution is -2.18. The first-order chi connectivity index (χ1) is 17.6. The number of halogens is 5. The first kappa shape index (κ1) is 21.3. The van der Waals surface area contributed by atoms with Gasteiger partial charge in [0.2, 0.25) is 11.6 Å². The van der Waals surface area contributed by atoms with E-state index in [1.807, 2.05) is 0 Å². The van der Waals surface area contributed by atoms with E-state index in [1.165, 1.54) is 38.2 Å². The maximum Gasteiger partial charge on any atom is 0.573 e. The minimum Gasteiger partial charge on any atom is -0.490 e. The summed E-state index contributed by atoms with van der Waals surface area (Å²) in [6.07, 6.45) is -4.09. The summed E-state index contributed by atoms with van der Waals surface area (Å²) >= 11 is 0. The summed E-state index contributed by atoms with van der Waals surface area (Å²) in [6, 6.07) is 5.99. The lowest BCUT2D eigenvalue weighted by atomic mass is 10.1. The van der Waals surface area contributed by atoms with Crippen LogP contribution in [0.4, 0.5) is 27.6 Å². The molecule has 3 aromatic rings. The van der Waals surface area contributed by atoms with Crippen molar-refractivity contribution in [2.45, 2.75) is 20.2 Å². The number of alkyl halides is 3. The van der Waals surface area contributed by atoms with Crippen LogP contribution < -0.4 is 19.5 Å². The summed E-state index contributed by atoms with van der Waals surface area (Å²) < 4.78 is 103. The third kappa shape index (κ3) is 5.83. The van der Waals surface area contributed by atoms with Crippen molar-refractivity contribution in [2.75, 3.05) is 12.4 Å². The van der Waals surface area contributed by atoms with Crippen molar-refractivity contribution in [2.24, 2.45) is 0 Å². The number of methoxy groups -OCH3 is 1. The standard InChI is InChI=1S/C23H17F5N2O5/c1-11-4-5-15(34-17-7-6-16(35-23(26,27)28)20(25)21(17)33-3)18(19(11)24)22(32)30-13-8-9-29-14(10-13)12(2)31/h4-10H,1-3H3,(H,29,30,32)/i3D3. The van der Waals surface area contributed by atoms with Crippen molar-refractivity contribution in [1.29, 1.82) is 0 Å². The maximum absolute atomic E-state index is 15.1. The van der Waals surface area contributed by atoms with Crippen molar-refractivity contribution in [3.05, 3.63) is 71.1 Å². The Labute approximate surface area is 199 Å². The Hall–Kier alpha value is -4.22. The molecule has 0 aliphatic rings. The first-order valence-electron chi connectivity index (χ1n) is 11.1. The van der Waals surface area contributed by atoms with Gasteiger partial charge in [-0.2, -0.15) is 4.39 Å². The highest BCUT2D eigenvalue weighted by Crippen LogP contribution is 2.41. The molecule has 1 amide bonds. The van der Waals surface area contributed by atoms with E-state index < -0.39 is 65.3 Å². The van der Waals surface area contributed by atoms with Gasteiger partial charge in [-0.3, -0.25) is 14.6 Å². The quantitative estimate of drug-likeness (QED) is 0.326. The fraction of sp³-hybridized carbons (Fsp3) is 0.174. The molecule has 0 radical (unpaired) electrons. The number of carbonyl (C=O) groups excluding carboxylic acids is 2. The van der Waals surface area contributed by atoms with Crippen LogP contribution >= 0.6 is 0 Å². The molecule has 0 spiro atoms. The molecule has 0 atom stereocenters. The third-order valence-electron chi connectivity index (χ3n) is 4.48. The van der Waals surface area contributed by atoms with E-state index in [9.17, 15) is 27.2 Å². The van der Waals surface area contributed by atoms with E-state index in [1.54, 1.807) is 0 Å². The highest BCUT2D eigenvalue weighted by Gasteiger charge is 2.34. The number of amides is 1. The number of nitrogens with one attached hydrogen (secondary N) is 1. The Morgan fingerprint density at radius 3 is 2.37 bits per heavy atom. The largest absolute Gasteiger partial charge is 0.573 e. The number of aromatic nitrogens is 1. The van der Waals surface area contributed by atoms with Gasteiger partial charge in [-0.05, 0) is 42.8 Å². The number of carbonyl (C=O) groups is 2. The molecule has 0 saturated heterocycles. The molecule has 3 rings (SSSR count). The molecule has 2 aromatic carbocycles. The van der Waals surface area contributed by atoms with Crippen LogP contribution in [0.15, 0.2) is 42.6 Å². The molecule has 7 nitrogen and oxygen atoms in total. The second-order valence-electron chi connectivity index (χ2n) is 6.97. The van der Waals surface area contributed by atoms with Gasteiger partial charge in [-0.1, -0.05) is 6.07 Å². The van der Waals surface area contributed by atoms with Gasteiger partial charge in [-0.15, -0.1) is 13.2 Å². The van der Waals surface area contributed by atoms with Gasteiger partial charge in [0.25, 0.3) is 5.91 Å². The number of Topliss-reactive ketones (excluding diaryl/α,β-unsaturated/α-hetero) is 1. The zero-order valence-corrected chi connectivity index (χ0v) is 17.9. The monoisotopic (exact) mass is 499 g/mol. The Kier molecular flexibility index (Phi) is 6.06. The Bertz CT molecular complexity index is 1400. The summed E-state index contributed by atoms with van der Waals surface area (Å²) in [5, 5.41) is 2.36. The van der Waals surface area contributed by atoms with Gasteiger partial charge >= 0.3 is 6.36 Å². The Balaban J connectivity index is 2.06. The van der Waals surface area contributed by atoms with Crippen LogP contribution in [0.3, 0.4) is 0 Å². The van der Waals surface area contributed by atoms with Crippen LogP contribution in [0.5, 0.6) is 23.0 Å². The molecular formula is C23H17F5N2O5. The van der Waals surface area contributed by atoms with Gasteiger partial charge in [0, 0.05) is 18.8 Å². The van der Waals surface area contributed by atoms with E-state index in [-0.39, 0.29) is 16.9 Å². The van der Waals surface area contributed by atoms with Gasteiger partial charge in [0.1, 0.15) is 22.8 Å². The zero-order valence-electron chi connectivity index (χ0n) is 20.9. The fourth-order valence-electron chi connectivity index (χ4n) is 2.87. The molecule has 0 fully saturated rings. The second kappa shape index (κ2) is 9.95. The van der Waals surface area contributed by atoms with Crippen LogP contribution in [0.25, 0.3) is 0 Å². The SMILES string of the molecule is [2H]C([2H])([2H])Oc1c(Oc2ccc(C)c(F)c2C(=O)Nc2ccnc(C(C)=O)c2)ccc(OC(F)(F)F)c1F. The molecule has 0 aliphatic carbocycles. The van der Waals surface area contributed by atoms with Crippen LogP contribution in [-0.4, -0.2) is 30.1 Å². The fourth-order valence-corrected chi connectivity index (χ4v) is 2.87. The summed E-state index contributed by atoms with van der Waals surface area (Å²) in [7, 11) is -3.34. The average Bonchev–Trinajstić information content (AvgIpc) is 2.79. The van der Waals surface area contributed by atoms with Crippen LogP contribution in [-0.2, 0) is 0 Å².